The van der Waals surface area contributed by atoms with E-state index in [4.69, 9.17) is 22.3 Å². The summed E-state index contributed by atoms with van der Waals surface area (Å²) >= 11 is 7.99. The number of nitrogens with two attached hydrogens (primary N) is 2. The van der Waals surface area contributed by atoms with Gasteiger partial charge in [0.25, 0.3) is 0 Å². The van der Waals surface area contributed by atoms with E-state index in [1.165, 1.54) is 0 Å². The number of benzene rings is 4. The van der Waals surface area contributed by atoms with Gasteiger partial charge in [0, 0.05) is 0 Å². The van der Waals surface area contributed by atoms with Gasteiger partial charge < -0.3 is 20.6 Å². The molecule has 0 aliphatic rings. The van der Waals surface area contributed by atoms with Crippen LogP contribution in [0.3, 0.4) is 0 Å². The number of unbranched alkanes of at least 4 members (excludes halogenated alkanes) is 3. The SMILES string of the molecule is N=C(N)[NH+](c1ccccc1)c1ccccc1.N=C(N)[NH+](c1ccccc1)c1ccccc1.O=S([O-])(=S)OCCCCCCOS(=O)([O-])=S. The molecule has 0 bridgehead atoms. The Morgan fingerprint density at radius 2 is 0.771 bits per heavy atom. The molecule has 4 aromatic rings. The van der Waals surface area contributed by atoms with Gasteiger partial charge in [-0.3, -0.25) is 8.37 Å². The lowest BCUT2D eigenvalue weighted by Gasteiger charge is -2.15. The minimum absolute atomic E-state index is 0.0476. The Morgan fingerprint density at radius 1 is 0.542 bits per heavy atom. The minimum Gasteiger partial charge on any atom is -0.748 e. The van der Waals surface area contributed by atoms with Crippen LogP contribution in [0.15, 0.2) is 121 Å². The molecule has 0 saturated carbocycles. The summed E-state index contributed by atoms with van der Waals surface area (Å²) < 4.78 is 50.2. The van der Waals surface area contributed by atoms with Crippen LogP contribution in [0.2, 0.25) is 0 Å². The molecular weight excluding hydrogens is 693 g/mol. The van der Waals surface area contributed by atoms with Gasteiger partial charge in [0.15, 0.2) is 0 Å². The highest BCUT2D eigenvalue weighted by molar-refractivity contribution is 8.27. The lowest BCUT2D eigenvalue weighted by Crippen LogP contribution is -3.07. The van der Waals surface area contributed by atoms with Crippen LogP contribution in [0.1, 0.15) is 25.7 Å². The van der Waals surface area contributed by atoms with Crippen molar-refractivity contribution < 1.29 is 35.7 Å². The van der Waals surface area contributed by atoms with Gasteiger partial charge in [-0.15, -0.1) is 0 Å². The zero-order valence-electron chi connectivity index (χ0n) is 26.0. The molecular formula is C32H40N6O6S4. The molecule has 0 aliphatic heterocycles. The van der Waals surface area contributed by atoms with E-state index in [0.717, 1.165) is 32.5 Å². The quantitative estimate of drug-likeness (QED) is 0.0673. The summed E-state index contributed by atoms with van der Waals surface area (Å²) in [6.45, 7) is 0.0953. The smallest absolute Gasteiger partial charge is 0.300 e. The van der Waals surface area contributed by atoms with E-state index in [9.17, 15) is 17.5 Å². The van der Waals surface area contributed by atoms with Crippen molar-refractivity contribution >= 4 is 75.2 Å². The molecule has 0 saturated heterocycles. The van der Waals surface area contributed by atoms with Gasteiger partial charge in [0.2, 0.25) is 0 Å². The van der Waals surface area contributed by atoms with E-state index < -0.39 is 18.1 Å². The predicted molar refractivity (Wildman–Crippen MR) is 193 cm³/mol. The third kappa shape index (κ3) is 16.9. The maximum Gasteiger partial charge on any atom is 0.300 e. The Labute approximate surface area is 292 Å². The van der Waals surface area contributed by atoms with Crippen molar-refractivity contribution in [3.63, 3.8) is 0 Å². The summed E-state index contributed by atoms with van der Waals surface area (Å²) in [7, 11) is -7.55. The van der Waals surface area contributed by atoms with Crippen molar-refractivity contribution in [3.8, 4) is 0 Å². The molecule has 0 aliphatic carbocycles. The Kier molecular flexibility index (Phi) is 18.0. The lowest BCUT2D eigenvalue weighted by atomic mass is 10.2. The first-order chi connectivity index (χ1) is 22.8. The van der Waals surface area contributed by atoms with Crippen molar-refractivity contribution in [1.29, 1.82) is 10.8 Å². The number of hydrogen-bond donors (Lipinski definition) is 6. The summed E-state index contributed by atoms with van der Waals surface area (Å²) in [4.78, 5) is 1.56. The zero-order chi connectivity index (χ0) is 35.4. The van der Waals surface area contributed by atoms with E-state index in [1.54, 1.807) is 0 Å². The van der Waals surface area contributed by atoms with Crippen LogP contribution in [0.5, 0.6) is 0 Å². The van der Waals surface area contributed by atoms with Crippen LogP contribution in [0.25, 0.3) is 0 Å². The normalized spacial score (nSPS) is 13.2. The third-order valence-electron chi connectivity index (χ3n) is 6.28. The Balaban J connectivity index is 0.000000250. The Bertz CT molecular complexity index is 1530. The van der Waals surface area contributed by atoms with Crippen LogP contribution in [0, 0.1) is 10.8 Å². The fraction of sp³-hybridized carbons (Fsp3) is 0.188. The first-order valence-electron chi connectivity index (χ1n) is 14.6. The second-order valence-corrected chi connectivity index (χ2v) is 14.5. The van der Waals surface area contributed by atoms with Crippen LogP contribution >= 0.6 is 0 Å². The summed E-state index contributed by atoms with van der Waals surface area (Å²) in [6, 6.07) is 39.1. The summed E-state index contributed by atoms with van der Waals surface area (Å²) in [5.74, 6) is 0.190. The van der Waals surface area contributed by atoms with Crippen molar-refractivity contribution in [2.24, 2.45) is 11.5 Å². The molecule has 258 valence electrons. The van der Waals surface area contributed by atoms with Crippen molar-refractivity contribution in [2.45, 2.75) is 25.7 Å². The third-order valence-corrected chi connectivity index (χ3v) is 7.77. The highest BCUT2D eigenvalue weighted by Gasteiger charge is 2.19. The molecule has 2 unspecified atom stereocenters. The molecule has 0 spiro atoms. The molecule has 12 nitrogen and oxygen atoms in total. The van der Waals surface area contributed by atoms with Crippen molar-refractivity contribution in [1.82, 2.24) is 0 Å². The van der Waals surface area contributed by atoms with E-state index in [-0.39, 0.29) is 25.1 Å². The van der Waals surface area contributed by atoms with E-state index in [0.29, 0.717) is 25.7 Å². The number of para-hydroxylation sites is 4. The van der Waals surface area contributed by atoms with Crippen molar-refractivity contribution in [2.75, 3.05) is 13.2 Å². The van der Waals surface area contributed by atoms with Crippen LogP contribution < -0.4 is 21.3 Å². The number of rotatable bonds is 13. The first kappa shape index (κ1) is 40.5. The predicted octanol–water partition coefficient (Wildman–Crippen LogP) is 3.02. The molecule has 0 aromatic heterocycles. The fourth-order valence-electron chi connectivity index (χ4n) is 4.25. The lowest BCUT2D eigenvalue weighted by molar-refractivity contribution is -0.653. The number of nitrogens with one attached hydrogen (secondary N) is 4. The fourth-order valence-corrected chi connectivity index (χ4v) is 5.31. The molecule has 0 amide bonds. The molecule has 0 radical (unpaired) electrons. The van der Waals surface area contributed by atoms with Gasteiger partial charge >= 0.3 is 11.9 Å². The standard InChI is InChI=1S/2C13H13N3.C6H14O6S4/c2*14-13(15)16(11-7-3-1-4-8-11)12-9-5-2-6-10-12;7-15(8,13)11-5-3-1-2-4-6-12-16(9,10)14/h2*1-10H,(H3,14,15);1-6H2,(H,7,8,13)(H,9,10,14). The largest absolute Gasteiger partial charge is 0.748 e. The highest BCUT2D eigenvalue weighted by Crippen LogP contribution is 2.08. The maximum atomic E-state index is 10.4. The van der Waals surface area contributed by atoms with Gasteiger partial charge in [-0.2, -0.15) is 0 Å². The topological polar surface area (TPSA) is 207 Å². The molecule has 16 heteroatoms. The van der Waals surface area contributed by atoms with Crippen LogP contribution in [-0.2, 0) is 48.8 Å². The van der Waals surface area contributed by atoms with E-state index >= 15 is 0 Å². The van der Waals surface area contributed by atoms with Crippen molar-refractivity contribution in [3.05, 3.63) is 121 Å². The average Bonchev–Trinajstić information content (AvgIpc) is 3.04. The van der Waals surface area contributed by atoms with Gasteiger partial charge in [-0.25, -0.2) is 29.0 Å². The van der Waals surface area contributed by atoms with Gasteiger partial charge in [-0.1, -0.05) is 85.6 Å². The van der Waals surface area contributed by atoms with Crippen LogP contribution in [-0.4, -0.2) is 42.7 Å². The molecule has 4 aromatic carbocycles. The highest BCUT2D eigenvalue weighted by atomic mass is 32.9. The average molecular weight is 733 g/mol. The molecule has 8 N–H and O–H groups in total. The van der Waals surface area contributed by atoms with Crippen LogP contribution in [0.4, 0.5) is 22.7 Å². The Hall–Kier alpha value is -3.68. The summed E-state index contributed by atoms with van der Waals surface area (Å²) in [5.41, 5.74) is 15.2. The molecule has 4 rings (SSSR count). The summed E-state index contributed by atoms with van der Waals surface area (Å²) in [6.07, 6.45) is 2.48. The second kappa shape index (κ2) is 21.3. The zero-order valence-corrected chi connectivity index (χ0v) is 29.3. The molecule has 2 atom stereocenters. The minimum atomic E-state index is -3.78. The van der Waals surface area contributed by atoms with Gasteiger partial charge in [-0.05, 0) is 83.7 Å². The molecule has 48 heavy (non-hydrogen) atoms. The van der Waals surface area contributed by atoms with E-state index in [1.807, 2.05) is 121 Å². The number of quaternary nitrogens is 2. The van der Waals surface area contributed by atoms with Gasteiger partial charge in [0.1, 0.15) is 22.7 Å². The number of hydrogen-bond acceptors (Lipinski definition) is 10. The molecule has 0 fully saturated rings. The second-order valence-electron chi connectivity index (χ2n) is 9.92. The summed E-state index contributed by atoms with van der Waals surface area (Å²) in [5, 5.41) is 15.3. The first-order valence-corrected chi connectivity index (χ1v) is 19.3. The Morgan fingerprint density at radius 3 is 0.958 bits per heavy atom. The molecule has 0 heterocycles. The monoisotopic (exact) mass is 732 g/mol. The number of guanidine groups is 2. The van der Waals surface area contributed by atoms with Gasteiger partial charge in [0.05, 0.1) is 31.3 Å². The maximum absolute atomic E-state index is 10.4. The van der Waals surface area contributed by atoms with E-state index in [2.05, 4.69) is 30.7 Å².